The third-order valence-corrected chi connectivity index (χ3v) is 5.22. The maximum atomic E-state index is 11.6. The minimum Gasteiger partial charge on any atom is -0.476 e. The van der Waals surface area contributed by atoms with Crippen LogP contribution in [0.25, 0.3) is 4.96 Å². The molecule has 0 aliphatic carbocycles. The van der Waals surface area contributed by atoms with Crippen molar-refractivity contribution in [3.05, 3.63) is 17.3 Å². The van der Waals surface area contributed by atoms with Crippen LogP contribution in [0, 0.1) is 11.8 Å². The second-order valence-electron chi connectivity index (χ2n) is 6.07. The molecule has 21 heavy (non-hydrogen) atoms. The molecule has 1 aliphatic heterocycles. The lowest BCUT2D eigenvalue weighted by Crippen LogP contribution is -2.27. The van der Waals surface area contributed by atoms with Gasteiger partial charge in [0.2, 0.25) is 0 Å². The monoisotopic (exact) mass is 307 g/mol. The molecule has 2 aromatic rings. The summed E-state index contributed by atoms with van der Waals surface area (Å²) in [5, 5.41) is 11.4. The number of carbonyl (C=O) groups is 1. The summed E-state index contributed by atoms with van der Waals surface area (Å²) in [5.74, 6) is 1.15. The van der Waals surface area contributed by atoms with Crippen molar-refractivity contribution in [3.8, 4) is 0 Å². The third-order valence-electron chi connectivity index (χ3n) is 4.46. The summed E-state index contributed by atoms with van der Waals surface area (Å²) in [6.07, 6.45) is 5.22. The minimum atomic E-state index is -0.902. The lowest BCUT2D eigenvalue weighted by atomic mass is 9.89. The number of thiazole rings is 1. The molecule has 3 heterocycles. The molecule has 1 aliphatic rings. The summed E-state index contributed by atoms with van der Waals surface area (Å²) >= 11 is 1.48. The van der Waals surface area contributed by atoms with Crippen LogP contribution in [-0.4, -0.2) is 33.6 Å². The largest absolute Gasteiger partial charge is 0.476 e. The number of hydrogen-bond acceptors (Lipinski definition) is 4. The van der Waals surface area contributed by atoms with Crippen LogP contribution in [0.4, 0.5) is 5.82 Å². The average Bonchev–Trinajstić information content (AvgIpc) is 2.90. The van der Waals surface area contributed by atoms with E-state index in [1.165, 1.54) is 17.8 Å². The van der Waals surface area contributed by atoms with E-state index in [1.807, 2.05) is 5.38 Å². The number of imidazole rings is 1. The van der Waals surface area contributed by atoms with Crippen molar-refractivity contribution in [2.45, 2.75) is 33.1 Å². The van der Waals surface area contributed by atoms with Gasteiger partial charge in [-0.25, -0.2) is 9.78 Å². The van der Waals surface area contributed by atoms with Crippen LogP contribution in [0.3, 0.4) is 0 Å². The summed E-state index contributed by atoms with van der Waals surface area (Å²) in [6.45, 7) is 6.34. The van der Waals surface area contributed by atoms with Gasteiger partial charge in [0.15, 0.2) is 16.5 Å². The van der Waals surface area contributed by atoms with E-state index < -0.39 is 5.97 Å². The van der Waals surface area contributed by atoms with Crippen LogP contribution < -0.4 is 4.90 Å². The first-order valence-electron chi connectivity index (χ1n) is 7.51. The van der Waals surface area contributed by atoms with Gasteiger partial charge in [-0.3, -0.25) is 4.40 Å². The van der Waals surface area contributed by atoms with Gasteiger partial charge in [-0.05, 0) is 31.1 Å². The van der Waals surface area contributed by atoms with Crippen molar-refractivity contribution in [1.82, 2.24) is 9.38 Å². The van der Waals surface area contributed by atoms with Crippen molar-refractivity contribution in [2.75, 3.05) is 18.0 Å². The van der Waals surface area contributed by atoms with Crippen molar-refractivity contribution in [2.24, 2.45) is 11.8 Å². The van der Waals surface area contributed by atoms with Gasteiger partial charge in [-0.2, -0.15) is 0 Å². The summed E-state index contributed by atoms with van der Waals surface area (Å²) in [6, 6.07) is 0. The molecule has 0 radical (unpaired) electrons. The predicted octanol–water partition coefficient (Wildman–Crippen LogP) is 3.36. The number of aromatic carboxylic acids is 1. The average molecular weight is 307 g/mol. The number of aromatic nitrogens is 2. The number of rotatable bonds is 3. The van der Waals surface area contributed by atoms with Gasteiger partial charge in [-0.15, -0.1) is 11.3 Å². The van der Waals surface area contributed by atoms with Crippen molar-refractivity contribution < 1.29 is 9.90 Å². The van der Waals surface area contributed by atoms with Crippen LogP contribution in [0.15, 0.2) is 11.6 Å². The molecule has 1 unspecified atom stereocenters. The van der Waals surface area contributed by atoms with Gasteiger partial charge in [0.25, 0.3) is 0 Å². The van der Waals surface area contributed by atoms with Gasteiger partial charge >= 0.3 is 5.97 Å². The van der Waals surface area contributed by atoms with Crippen LogP contribution in [-0.2, 0) is 0 Å². The Kier molecular flexibility index (Phi) is 3.89. The fourth-order valence-electron chi connectivity index (χ4n) is 3.19. The van der Waals surface area contributed by atoms with E-state index in [2.05, 4.69) is 23.7 Å². The van der Waals surface area contributed by atoms with Crippen LogP contribution in [0.1, 0.15) is 43.6 Å². The lowest BCUT2D eigenvalue weighted by Gasteiger charge is -2.21. The number of fused-ring (bicyclic) bond motifs is 1. The second kappa shape index (κ2) is 5.67. The molecule has 1 saturated heterocycles. The van der Waals surface area contributed by atoms with Crippen molar-refractivity contribution in [1.29, 1.82) is 0 Å². The van der Waals surface area contributed by atoms with Crippen LogP contribution in [0.5, 0.6) is 0 Å². The first kappa shape index (κ1) is 14.4. The van der Waals surface area contributed by atoms with Gasteiger partial charge in [-0.1, -0.05) is 13.8 Å². The highest BCUT2D eigenvalue weighted by molar-refractivity contribution is 7.15. The predicted molar refractivity (Wildman–Crippen MR) is 84.4 cm³/mol. The quantitative estimate of drug-likeness (QED) is 0.944. The third kappa shape index (κ3) is 2.64. The molecule has 1 N–H and O–H groups in total. The zero-order valence-electron chi connectivity index (χ0n) is 12.5. The highest BCUT2D eigenvalue weighted by Gasteiger charge is 2.26. The summed E-state index contributed by atoms with van der Waals surface area (Å²) in [4.78, 5) is 19.1. The molecule has 0 spiro atoms. The molecule has 0 amide bonds. The standard InChI is InChI=1S/C15H21N3O2S/c1-10(2)11-4-3-6-17(7-5-11)13-12(14(19)20)18-8-9-21-15(18)16-13/h8-11H,3-7H2,1-2H3,(H,19,20). The van der Waals surface area contributed by atoms with E-state index in [1.54, 1.807) is 10.6 Å². The summed E-state index contributed by atoms with van der Waals surface area (Å²) in [7, 11) is 0. The molecule has 0 bridgehead atoms. The molecule has 0 saturated carbocycles. The first-order chi connectivity index (χ1) is 10.1. The molecule has 6 heteroatoms. The SMILES string of the molecule is CC(C)C1CCCN(c2nc3sccn3c2C(=O)O)CC1. The number of anilines is 1. The van der Waals surface area contributed by atoms with E-state index in [-0.39, 0.29) is 0 Å². The fourth-order valence-corrected chi connectivity index (χ4v) is 3.90. The maximum absolute atomic E-state index is 11.6. The Bertz CT molecular complexity index is 646. The Morgan fingerprint density at radius 1 is 1.43 bits per heavy atom. The highest BCUT2D eigenvalue weighted by Crippen LogP contribution is 2.30. The molecule has 114 valence electrons. The minimum absolute atomic E-state index is 0.300. The molecular formula is C15H21N3O2S. The molecule has 5 nitrogen and oxygen atoms in total. The number of hydrogen-bond donors (Lipinski definition) is 1. The number of carboxylic acids is 1. The summed E-state index contributed by atoms with van der Waals surface area (Å²) in [5.41, 5.74) is 0.300. The molecule has 3 rings (SSSR count). The zero-order valence-corrected chi connectivity index (χ0v) is 13.3. The first-order valence-corrected chi connectivity index (χ1v) is 8.39. The Morgan fingerprint density at radius 2 is 2.24 bits per heavy atom. The molecule has 1 fully saturated rings. The van der Waals surface area contributed by atoms with E-state index in [9.17, 15) is 9.90 Å². The fraction of sp³-hybridized carbons (Fsp3) is 0.600. The molecular weight excluding hydrogens is 286 g/mol. The van der Waals surface area contributed by atoms with Gasteiger partial charge in [0, 0.05) is 24.7 Å². The van der Waals surface area contributed by atoms with Crippen LogP contribution >= 0.6 is 11.3 Å². The molecule has 2 aromatic heterocycles. The smallest absolute Gasteiger partial charge is 0.356 e. The van der Waals surface area contributed by atoms with E-state index in [0.29, 0.717) is 17.4 Å². The van der Waals surface area contributed by atoms with Gasteiger partial charge in [0.05, 0.1) is 0 Å². The number of carboxylic acid groups (broad SMARTS) is 1. The Morgan fingerprint density at radius 3 is 2.95 bits per heavy atom. The normalized spacial score (nSPS) is 20.1. The Labute approximate surface area is 128 Å². The molecule has 1 atom stereocenters. The van der Waals surface area contributed by atoms with Gasteiger partial charge in [0.1, 0.15) is 0 Å². The van der Waals surface area contributed by atoms with Crippen molar-refractivity contribution >= 4 is 28.1 Å². The zero-order chi connectivity index (χ0) is 15.0. The highest BCUT2D eigenvalue weighted by atomic mass is 32.1. The van der Waals surface area contributed by atoms with Gasteiger partial charge < -0.3 is 10.0 Å². The summed E-state index contributed by atoms with van der Waals surface area (Å²) < 4.78 is 1.69. The molecule has 0 aromatic carbocycles. The Balaban J connectivity index is 1.91. The van der Waals surface area contributed by atoms with Crippen LogP contribution in [0.2, 0.25) is 0 Å². The van der Waals surface area contributed by atoms with E-state index in [0.717, 1.165) is 36.8 Å². The lowest BCUT2D eigenvalue weighted by molar-refractivity contribution is 0.0690. The van der Waals surface area contributed by atoms with E-state index in [4.69, 9.17) is 0 Å². The Hall–Kier alpha value is -1.56. The second-order valence-corrected chi connectivity index (χ2v) is 6.94. The van der Waals surface area contributed by atoms with E-state index >= 15 is 0 Å². The maximum Gasteiger partial charge on any atom is 0.356 e. The van der Waals surface area contributed by atoms with Crippen molar-refractivity contribution in [3.63, 3.8) is 0 Å². The topological polar surface area (TPSA) is 57.8 Å². The number of nitrogens with zero attached hydrogens (tertiary/aromatic N) is 3.